The first kappa shape index (κ1) is 25.2. The van der Waals surface area contributed by atoms with Crippen molar-refractivity contribution < 1.29 is 22.8 Å². The molecule has 5 rings (SSSR count). The molecule has 38 heavy (non-hydrogen) atoms. The maximum Gasteiger partial charge on any atom is 0.416 e. The number of anilines is 2. The van der Waals surface area contributed by atoms with Gasteiger partial charge in [0.2, 0.25) is 5.95 Å². The Morgan fingerprint density at radius 1 is 1.00 bits per heavy atom. The number of alkyl halides is 3. The van der Waals surface area contributed by atoms with Gasteiger partial charge in [-0.2, -0.15) is 13.2 Å². The third-order valence-corrected chi connectivity index (χ3v) is 6.63. The van der Waals surface area contributed by atoms with Gasteiger partial charge in [-0.3, -0.25) is 9.59 Å². The number of hydrogen-bond acceptors (Lipinski definition) is 5. The Morgan fingerprint density at radius 3 is 2.50 bits per heavy atom. The number of fused-ring (bicyclic) bond motifs is 1. The highest BCUT2D eigenvalue weighted by atomic mass is 19.4. The Morgan fingerprint density at radius 2 is 1.76 bits per heavy atom. The zero-order chi connectivity index (χ0) is 27.0. The van der Waals surface area contributed by atoms with E-state index in [0.717, 1.165) is 53.1 Å². The van der Waals surface area contributed by atoms with Crippen LogP contribution in [0.5, 0.6) is 0 Å². The molecule has 1 aliphatic rings. The fraction of sp³-hybridized carbons (Fsp3) is 0.214. The van der Waals surface area contributed by atoms with Crippen molar-refractivity contribution in [1.29, 1.82) is 0 Å². The third-order valence-electron chi connectivity index (χ3n) is 6.63. The molecule has 4 aromatic rings. The highest BCUT2D eigenvalue weighted by Gasteiger charge is 2.32. The number of aryl methyl sites for hydroxylation is 1. The van der Waals surface area contributed by atoms with Crippen molar-refractivity contribution >= 4 is 34.4 Å². The second kappa shape index (κ2) is 9.77. The highest BCUT2D eigenvalue weighted by Crippen LogP contribution is 2.34. The summed E-state index contributed by atoms with van der Waals surface area (Å²) in [7, 11) is 0. The molecule has 0 saturated carbocycles. The Bertz CT molecular complexity index is 1560. The number of nitrogens with one attached hydrogen (secondary N) is 1. The van der Waals surface area contributed by atoms with E-state index in [1.165, 1.54) is 0 Å². The van der Waals surface area contributed by atoms with Crippen molar-refractivity contribution in [1.82, 2.24) is 14.9 Å². The number of carbonyl (C=O) groups excluding carboxylic acids is 2. The van der Waals surface area contributed by atoms with E-state index in [1.807, 2.05) is 19.1 Å². The lowest BCUT2D eigenvalue weighted by molar-refractivity contribution is -0.137. The first-order chi connectivity index (χ1) is 18.1. The summed E-state index contributed by atoms with van der Waals surface area (Å²) in [6.07, 6.45) is -1.36. The van der Waals surface area contributed by atoms with Crippen LogP contribution < -0.4 is 11.1 Å². The minimum atomic E-state index is -4.63. The normalized spacial score (nSPS) is 13.6. The smallest absolute Gasteiger partial charge is 0.368 e. The van der Waals surface area contributed by atoms with Crippen LogP contribution in [0.3, 0.4) is 0 Å². The Balaban J connectivity index is 1.49. The van der Waals surface area contributed by atoms with Gasteiger partial charge in [-0.25, -0.2) is 9.97 Å². The number of nitrogens with two attached hydrogens (primary N) is 1. The molecule has 0 atom stereocenters. The van der Waals surface area contributed by atoms with Gasteiger partial charge < -0.3 is 16.0 Å². The number of aromatic nitrogens is 2. The Kier molecular flexibility index (Phi) is 6.48. The molecule has 0 aliphatic carbocycles. The van der Waals surface area contributed by atoms with Gasteiger partial charge in [0.25, 0.3) is 11.8 Å². The first-order valence-electron chi connectivity index (χ1n) is 12.1. The zero-order valence-corrected chi connectivity index (χ0v) is 20.5. The van der Waals surface area contributed by atoms with E-state index in [9.17, 15) is 22.8 Å². The van der Waals surface area contributed by atoms with E-state index in [1.54, 1.807) is 35.4 Å². The molecule has 10 heteroatoms. The average molecular weight is 520 g/mol. The second-order valence-corrected chi connectivity index (χ2v) is 9.24. The molecular formula is C28H24F3N5O2. The van der Waals surface area contributed by atoms with Crippen LogP contribution in [0.2, 0.25) is 0 Å². The number of halogens is 3. The number of rotatable bonds is 4. The second-order valence-electron chi connectivity index (χ2n) is 9.24. The van der Waals surface area contributed by atoms with E-state index < -0.39 is 23.6 Å². The molecule has 1 fully saturated rings. The highest BCUT2D eigenvalue weighted by molar-refractivity contribution is 6.09. The summed E-state index contributed by atoms with van der Waals surface area (Å²) in [5.74, 6) is -0.870. The standard InChI is InChI=1S/C28H24F3N5O2/c1-16-4-5-18(13-22(16)17-6-9-23-19(12-17)15-33-27(32)35-23)25(37)34-24-14-20(28(29,30)31)7-8-21(24)26(38)36-10-2-3-11-36/h4-9,12-15H,2-3,10-11H2,1H3,(H,34,37)(H2,32,33,35). The summed E-state index contributed by atoms with van der Waals surface area (Å²) in [6.45, 7) is 2.94. The lowest BCUT2D eigenvalue weighted by Crippen LogP contribution is -2.29. The van der Waals surface area contributed by atoms with E-state index in [-0.39, 0.29) is 22.8 Å². The maximum absolute atomic E-state index is 13.5. The van der Waals surface area contributed by atoms with E-state index >= 15 is 0 Å². The first-order valence-corrected chi connectivity index (χ1v) is 12.1. The number of likely N-dealkylation sites (tertiary alicyclic amines) is 1. The Hall–Kier alpha value is -4.47. The topological polar surface area (TPSA) is 101 Å². The molecule has 0 radical (unpaired) electrons. The molecule has 0 bridgehead atoms. The van der Waals surface area contributed by atoms with Gasteiger partial charge in [-0.15, -0.1) is 0 Å². The lowest BCUT2D eigenvalue weighted by atomic mass is 9.96. The van der Waals surface area contributed by atoms with Gasteiger partial charge in [-0.05, 0) is 78.9 Å². The quantitative estimate of drug-likeness (QED) is 0.361. The van der Waals surface area contributed by atoms with Gasteiger partial charge >= 0.3 is 6.18 Å². The monoisotopic (exact) mass is 519 g/mol. The Labute approximate surface area is 216 Å². The van der Waals surface area contributed by atoms with Crippen LogP contribution in [0.4, 0.5) is 24.8 Å². The fourth-order valence-corrected chi connectivity index (χ4v) is 4.59. The number of hydrogen-bond donors (Lipinski definition) is 2. The predicted octanol–water partition coefficient (Wildman–Crippen LogP) is 5.69. The molecule has 7 nitrogen and oxygen atoms in total. The van der Waals surface area contributed by atoms with Crippen molar-refractivity contribution in [3.8, 4) is 11.1 Å². The predicted molar refractivity (Wildman–Crippen MR) is 139 cm³/mol. The SMILES string of the molecule is Cc1ccc(C(=O)Nc2cc(C(F)(F)F)ccc2C(=O)N2CCCC2)cc1-c1ccc2nc(N)ncc2c1. The molecule has 1 aliphatic heterocycles. The van der Waals surface area contributed by atoms with Gasteiger partial charge in [0.1, 0.15) is 0 Å². The number of benzene rings is 3. The van der Waals surface area contributed by atoms with Crippen LogP contribution in [0, 0.1) is 6.92 Å². The largest absolute Gasteiger partial charge is 0.416 e. The average Bonchev–Trinajstić information content (AvgIpc) is 3.43. The third kappa shape index (κ3) is 5.02. The molecular weight excluding hydrogens is 495 g/mol. The van der Waals surface area contributed by atoms with Crippen molar-refractivity contribution in [3.05, 3.63) is 83.0 Å². The molecule has 1 saturated heterocycles. The molecule has 3 N–H and O–H groups in total. The molecule has 1 aromatic heterocycles. The summed E-state index contributed by atoms with van der Waals surface area (Å²) in [5, 5.41) is 3.32. The summed E-state index contributed by atoms with van der Waals surface area (Å²) >= 11 is 0. The number of nitrogen functional groups attached to an aromatic ring is 1. The summed E-state index contributed by atoms with van der Waals surface area (Å²) in [6, 6.07) is 13.3. The zero-order valence-electron chi connectivity index (χ0n) is 20.5. The van der Waals surface area contributed by atoms with E-state index in [2.05, 4.69) is 15.3 Å². The van der Waals surface area contributed by atoms with E-state index in [4.69, 9.17) is 5.73 Å². The van der Waals surface area contributed by atoms with Crippen LogP contribution in [-0.4, -0.2) is 39.8 Å². The van der Waals surface area contributed by atoms with Crippen molar-refractivity contribution in [2.45, 2.75) is 25.9 Å². The van der Waals surface area contributed by atoms with E-state index in [0.29, 0.717) is 18.6 Å². The molecule has 2 amide bonds. The lowest BCUT2D eigenvalue weighted by Gasteiger charge is -2.19. The molecule has 3 aromatic carbocycles. The molecule has 194 valence electrons. The number of nitrogens with zero attached hydrogens (tertiary/aromatic N) is 3. The van der Waals surface area contributed by atoms with Crippen LogP contribution in [-0.2, 0) is 6.18 Å². The number of carbonyl (C=O) groups is 2. The molecule has 0 spiro atoms. The summed E-state index contributed by atoms with van der Waals surface area (Å²) < 4.78 is 40.4. The summed E-state index contributed by atoms with van der Waals surface area (Å²) in [5.41, 5.74) is 7.92. The van der Waals surface area contributed by atoms with Gasteiger partial charge in [0, 0.05) is 30.2 Å². The number of amides is 2. The van der Waals surface area contributed by atoms with Crippen molar-refractivity contribution in [2.75, 3.05) is 24.1 Å². The fourth-order valence-electron chi connectivity index (χ4n) is 4.59. The van der Waals surface area contributed by atoms with Crippen LogP contribution >= 0.6 is 0 Å². The van der Waals surface area contributed by atoms with Crippen molar-refractivity contribution in [3.63, 3.8) is 0 Å². The minimum Gasteiger partial charge on any atom is -0.368 e. The van der Waals surface area contributed by atoms with Gasteiger partial charge in [0.05, 0.1) is 22.3 Å². The van der Waals surface area contributed by atoms with Gasteiger partial charge in [-0.1, -0.05) is 12.1 Å². The van der Waals surface area contributed by atoms with Gasteiger partial charge in [0.15, 0.2) is 0 Å². The molecule has 2 heterocycles. The van der Waals surface area contributed by atoms with Crippen LogP contribution in [0.15, 0.2) is 60.8 Å². The van der Waals surface area contributed by atoms with Crippen LogP contribution in [0.1, 0.15) is 44.7 Å². The maximum atomic E-state index is 13.5. The van der Waals surface area contributed by atoms with Crippen LogP contribution in [0.25, 0.3) is 22.0 Å². The molecule has 0 unspecified atom stereocenters. The van der Waals surface area contributed by atoms with Crippen molar-refractivity contribution in [2.24, 2.45) is 0 Å². The minimum absolute atomic E-state index is 0.0226. The summed E-state index contributed by atoms with van der Waals surface area (Å²) in [4.78, 5) is 36.1.